The summed E-state index contributed by atoms with van der Waals surface area (Å²) in [7, 11) is 0. The maximum atomic E-state index is 12.7. The minimum atomic E-state index is 0.0279. The number of amides is 1. The summed E-state index contributed by atoms with van der Waals surface area (Å²) in [6.45, 7) is 3.08. The van der Waals surface area contributed by atoms with Crippen molar-refractivity contribution in [2.45, 2.75) is 19.9 Å². The molecule has 2 aromatic heterocycles. The van der Waals surface area contributed by atoms with Gasteiger partial charge in [0.25, 0.3) is 5.91 Å². The van der Waals surface area contributed by atoms with Crippen molar-refractivity contribution in [2.75, 3.05) is 6.54 Å². The van der Waals surface area contributed by atoms with E-state index in [1.807, 2.05) is 54.3 Å². The Morgan fingerprint density at radius 2 is 2.12 bits per heavy atom. The van der Waals surface area contributed by atoms with Gasteiger partial charge in [-0.25, -0.2) is 4.98 Å². The molecule has 4 rings (SSSR count). The van der Waals surface area contributed by atoms with Gasteiger partial charge < -0.3 is 9.32 Å². The number of pyridine rings is 1. The van der Waals surface area contributed by atoms with Gasteiger partial charge in [0.05, 0.1) is 12.2 Å². The molecule has 0 bridgehead atoms. The molecular formula is C19H17N3O2. The summed E-state index contributed by atoms with van der Waals surface area (Å²) in [5, 5.41) is 0. The van der Waals surface area contributed by atoms with Gasteiger partial charge in [0.15, 0.2) is 0 Å². The van der Waals surface area contributed by atoms with Crippen LogP contribution in [0.25, 0.3) is 11.6 Å². The summed E-state index contributed by atoms with van der Waals surface area (Å²) in [5.74, 6) is 1.30. The maximum absolute atomic E-state index is 12.7. The van der Waals surface area contributed by atoms with E-state index in [1.54, 1.807) is 6.20 Å². The molecule has 1 aromatic carbocycles. The van der Waals surface area contributed by atoms with Gasteiger partial charge >= 0.3 is 0 Å². The fourth-order valence-electron chi connectivity index (χ4n) is 2.93. The number of aryl methyl sites for hydroxylation is 1. The Kier molecular flexibility index (Phi) is 3.61. The van der Waals surface area contributed by atoms with Crippen LogP contribution in [0.1, 0.15) is 27.4 Å². The van der Waals surface area contributed by atoms with E-state index in [9.17, 15) is 4.79 Å². The predicted octanol–water partition coefficient (Wildman–Crippen LogP) is 3.24. The quantitative estimate of drug-likeness (QED) is 0.727. The van der Waals surface area contributed by atoms with E-state index in [4.69, 9.17) is 4.42 Å². The monoisotopic (exact) mass is 319 g/mol. The lowest BCUT2D eigenvalue weighted by molar-refractivity contribution is 0.0720. The molecule has 1 aliphatic rings. The second-order valence-electron chi connectivity index (χ2n) is 5.95. The largest absolute Gasteiger partial charge is 0.438 e. The van der Waals surface area contributed by atoms with Crippen LogP contribution in [0.4, 0.5) is 0 Å². The van der Waals surface area contributed by atoms with Crippen LogP contribution < -0.4 is 0 Å². The summed E-state index contributed by atoms with van der Waals surface area (Å²) < 4.78 is 5.86. The molecule has 1 amide bonds. The van der Waals surface area contributed by atoms with Crippen molar-refractivity contribution in [2.24, 2.45) is 0 Å². The molecule has 24 heavy (non-hydrogen) atoms. The number of nitrogens with zero attached hydrogens (tertiary/aromatic N) is 3. The van der Waals surface area contributed by atoms with Gasteiger partial charge in [0, 0.05) is 24.7 Å². The lowest BCUT2D eigenvalue weighted by atomic mass is 10.1. The van der Waals surface area contributed by atoms with E-state index in [-0.39, 0.29) is 5.91 Å². The Balaban J connectivity index is 1.58. The molecule has 0 radical (unpaired) electrons. The second-order valence-corrected chi connectivity index (χ2v) is 5.95. The normalized spacial score (nSPS) is 13.6. The summed E-state index contributed by atoms with van der Waals surface area (Å²) in [5.41, 5.74) is 3.42. The molecule has 0 saturated carbocycles. The maximum Gasteiger partial charge on any atom is 0.254 e. The van der Waals surface area contributed by atoms with E-state index in [0.29, 0.717) is 36.7 Å². The number of oxazole rings is 1. The van der Waals surface area contributed by atoms with Crippen molar-refractivity contribution in [3.63, 3.8) is 0 Å². The number of rotatable bonds is 2. The average Bonchev–Trinajstić information content (AvgIpc) is 3.05. The molecule has 1 aliphatic heterocycles. The van der Waals surface area contributed by atoms with Crippen molar-refractivity contribution in [1.82, 2.24) is 14.9 Å². The minimum Gasteiger partial charge on any atom is -0.438 e. The fourth-order valence-corrected chi connectivity index (χ4v) is 2.93. The molecule has 3 heterocycles. The third kappa shape index (κ3) is 2.69. The molecule has 0 aliphatic carbocycles. The van der Waals surface area contributed by atoms with Crippen molar-refractivity contribution in [3.05, 3.63) is 71.2 Å². The summed E-state index contributed by atoms with van der Waals surface area (Å²) in [4.78, 5) is 23.3. The highest BCUT2D eigenvalue weighted by Crippen LogP contribution is 2.25. The smallest absolute Gasteiger partial charge is 0.254 e. The van der Waals surface area contributed by atoms with Gasteiger partial charge in [0.1, 0.15) is 11.5 Å². The van der Waals surface area contributed by atoms with E-state index >= 15 is 0 Å². The molecule has 0 atom stereocenters. The summed E-state index contributed by atoms with van der Waals surface area (Å²) in [6.07, 6.45) is 2.41. The number of carbonyl (C=O) groups is 1. The molecule has 0 saturated heterocycles. The molecule has 0 fully saturated rings. The van der Waals surface area contributed by atoms with Gasteiger partial charge in [-0.15, -0.1) is 0 Å². The zero-order chi connectivity index (χ0) is 16.5. The number of carbonyl (C=O) groups excluding carboxylic acids is 1. The average molecular weight is 319 g/mol. The van der Waals surface area contributed by atoms with Crippen molar-refractivity contribution in [1.29, 1.82) is 0 Å². The fraction of sp³-hybridized carbons (Fsp3) is 0.211. The topological polar surface area (TPSA) is 59.2 Å². The van der Waals surface area contributed by atoms with E-state index in [2.05, 4.69) is 9.97 Å². The summed E-state index contributed by atoms with van der Waals surface area (Å²) >= 11 is 0. The van der Waals surface area contributed by atoms with Crippen LogP contribution in [0, 0.1) is 6.92 Å². The lowest BCUT2D eigenvalue weighted by Gasteiger charge is -2.25. The third-order valence-electron chi connectivity index (χ3n) is 4.17. The van der Waals surface area contributed by atoms with Crippen LogP contribution in [0.5, 0.6) is 0 Å². The van der Waals surface area contributed by atoms with Gasteiger partial charge in [-0.1, -0.05) is 23.8 Å². The first-order chi connectivity index (χ1) is 11.7. The van der Waals surface area contributed by atoms with Crippen molar-refractivity contribution >= 4 is 5.91 Å². The molecular weight excluding hydrogens is 302 g/mol. The standard InChI is InChI=1S/C19H17N3O2/c1-13-5-4-6-14(11-13)19(23)22-10-8-15-17(12-22)24-18(21-15)16-7-2-3-9-20-16/h2-7,9,11H,8,10,12H2,1H3. The highest BCUT2D eigenvalue weighted by molar-refractivity contribution is 5.94. The molecule has 120 valence electrons. The third-order valence-corrected chi connectivity index (χ3v) is 4.17. The Bertz CT molecular complexity index is 887. The molecule has 5 heteroatoms. The van der Waals surface area contributed by atoms with Crippen molar-refractivity contribution in [3.8, 4) is 11.6 Å². The Labute approximate surface area is 140 Å². The van der Waals surface area contributed by atoms with Crippen LogP contribution >= 0.6 is 0 Å². The van der Waals surface area contributed by atoms with Gasteiger partial charge in [-0.05, 0) is 31.2 Å². The van der Waals surface area contributed by atoms with Gasteiger partial charge in [0.2, 0.25) is 5.89 Å². The molecule has 5 nitrogen and oxygen atoms in total. The first-order valence-corrected chi connectivity index (χ1v) is 7.96. The van der Waals surface area contributed by atoms with Crippen LogP contribution in [-0.4, -0.2) is 27.3 Å². The number of benzene rings is 1. The Hall–Kier alpha value is -2.95. The Morgan fingerprint density at radius 1 is 1.21 bits per heavy atom. The highest BCUT2D eigenvalue weighted by atomic mass is 16.4. The van der Waals surface area contributed by atoms with E-state index in [1.165, 1.54) is 0 Å². The minimum absolute atomic E-state index is 0.0279. The zero-order valence-electron chi connectivity index (χ0n) is 13.4. The number of hydrogen-bond donors (Lipinski definition) is 0. The second kappa shape index (κ2) is 5.92. The van der Waals surface area contributed by atoms with E-state index < -0.39 is 0 Å². The SMILES string of the molecule is Cc1cccc(C(=O)N2CCc3nc(-c4ccccn4)oc3C2)c1. The number of hydrogen-bond acceptors (Lipinski definition) is 4. The molecule has 0 N–H and O–H groups in total. The Morgan fingerprint density at radius 3 is 2.92 bits per heavy atom. The van der Waals surface area contributed by atoms with Crippen LogP contribution in [0.2, 0.25) is 0 Å². The highest BCUT2D eigenvalue weighted by Gasteiger charge is 2.26. The zero-order valence-corrected chi connectivity index (χ0v) is 13.4. The van der Waals surface area contributed by atoms with E-state index in [0.717, 1.165) is 17.0 Å². The number of fused-ring (bicyclic) bond motifs is 1. The predicted molar refractivity (Wildman–Crippen MR) is 89.4 cm³/mol. The van der Waals surface area contributed by atoms with Crippen LogP contribution in [0.15, 0.2) is 53.1 Å². The van der Waals surface area contributed by atoms with Gasteiger partial charge in [-0.3, -0.25) is 9.78 Å². The van der Waals surface area contributed by atoms with Gasteiger partial charge in [-0.2, -0.15) is 0 Å². The van der Waals surface area contributed by atoms with Crippen molar-refractivity contribution < 1.29 is 9.21 Å². The number of aromatic nitrogens is 2. The molecule has 0 spiro atoms. The van der Waals surface area contributed by atoms with Crippen LogP contribution in [-0.2, 0) is 13.0 Å². The lowest BCUT2D eigenvalue weighted by Crippen LogP contribution is -2.35. The van der Waals surface area contributed by atoms with Crippen LogP contribution in [0.3, 0.4) is 0 Å². The molecule has 3 aromatic rings. The molecule has 0 unspecified atom stereocenters. The summed E-state index contributed by atoms with van der Waals surface area (Å²) in [6, 6.07) is 13.3. The first kappa shape index (κ1) is 14.6. The first-order valence-electron chi connectivity index (χ1n) is 7.96.